The molecule has 0 bridgehead atoms. The van der Waals surface area contributed by atoms with Crippen LogP contribution in [-0.4, -0.2) is 46.1 Å². The molecule has 0 aromatic carbocycles. The normalized spacial score (nSPS) is 13.6. The van der Waals surface area contributed by atoms with Gasteiger partial charge in [-0.15, -0.1) is 0 Å². The third kappa shape index (κ3) is 40.8. The van der Waals surface area contributed by atoms with Crippen molar-refractivity contribution >= 4 is 5.91 Å². The standard InChI is InChI=1S/C50H97NO4/c1-3-5-7-9-11-13-14-15-16-17-18-19-20-21-22-23-24-25-26-27-28-29-30-31-32-33-34-35-37-39-41-43-45-49(54)50(55)51-47(46-52)48(53)44-42-40-38-36-12-10-8-6-4-2/h21-22,42,44,47-49,52-54H,3-20,23-41,43,45-46H2,1-2H3,(H,51,55)/b22-21-,44-42+. The Labute approximate surface area is 343 Å². The number of rotatable bonds is 45. The summed E-state index contributed by atoms with van der Waals surface area (Å²) in [6, 6.07) is -0.793. The molecule has 0 spiro atoms. The molecule has 0 aliphatic heterocycles. The first-order chi connectivity index (χ1) is 27.1. The van der Waals surface area contributed by atoms with E-state index in [9.17, 15) is 20.1 Å². The van der Waals surface area contributed by atoms with Gasteiger partial charge in [0.05, 0.1) is 18.8 Å². The van der Waals surface area contributed by atoms with Gasteiger partial charge in [0.15, 0.2) is 0 Å². The molecule has 1 amide bonds. The summed E-state index contributed by atoms with van der Waals surface area (Å²) in [5, 5.41) is 33.0. The van der Waals surface area contributed by atoms with Gasteiger partial charge in [0.1, 0.15) is 6.10 Å². The lowest BCUT2D eigenvalue weighted by Gasteiger charge is -2.21. The number of amides is 1. The fourth-order valence-corrected chi connectivity index (χ4v) is 7.65. The highest BCUT2D eigenvalue weighted by Crippen LogP contribution is 2.16. The predicted molar refractivity (Wildman–Crippen MR) is 241 cm³/mol. The van der Waals surface area contributed by atoms with Crippen LogP contribution in [-0.2, 0) is 4.79 Å². The van der Waals surface area contributed by atoms with E-state index >= 15 is 0 Å². The summed E-state index contributed by atoms with van der Waals surface area (Å²) in [4.78, 5) is 12.4. The largest absolute Gasteiger partial charge is 0.394 e. The Morgan fingerprint density at radius 1 is 0.436 bits per heavy atom. The molecule has 0 radical (unpaired) electrons. The molecule has 3 atom stereocenters. The molecule has 326 valence electrons. The first kappa shape index (κ1) is 53.8. The van der Waals surface area contributed by atoms with Crippen LogP contribution in [0.5, 0.6) is 0 Å². The maximum absolute atomic E-state index is 12.4. The van der Waals surface area contributed by atoms with Gasteiger partial charge >= 0.3 is 0 Å². The topological polar surface area (TPSA) is 89.8 Å². The summed E-state index contributed by atoms with van der Waals surface area (Å²) < 4.78 is 0. The lowest BCUT2D eigenvalue weighted by molar-refractivity contribution is -0.131. The number of carbonyl (C=O) groups excluding carboxylic acids is 1. The van der Waals surface area contributed by atoms with Crippen LogP contribution >= 0.6 is 0 Å². The number of hydrogen-bond acceptors (Lipinski definition) is 4. The highest BCUT2D eigenvalue weighted by Gasteiger charge is 2.22. The van der Waals surface area contributed by atoms with Gasteiger partial charge in [0, 0.05) is 0 Å². The lowest BCUT2D eigenvalue weighted by Crippen LogP contribution is -2.48. The molecule has 5 nitrogen and oxygen atoms in total. The molecule has 0 fully saturated rings. The van der Waals surface area contributed by atoms with Gasteiger partial charge < -0.3 is 20.6 Å². The first-order valence-electron chi connectivity index (χ1n) is 24.7. The molecule has 0 rings (SSSR count). The van der Waals surface area contributed by atoms with Crippen molar-refractivity contribution < 1.29 is 20.1 Å². The molecular weight excluding hydrogens is 679 g/mol. The van der Waals surface area contributed by atoms with Crippen molar-refractivity contribution in [2.75, 3.05) is 6.61 Å². The molecule has 3 unspecified atom stereocenters. The highest BCUT2D eigenvalue weighted by atomic mass is 16.3. The van der Waals surface area contributed by atoms with Crippen molar-refractivity contribution in [2.45, 2.75) is 283 Å². The van der Waals surface area contributed by atoms with E-state index in [1.54, 1.807) is 6.08 Å². The smallest absolute Gasteiger partial charge is 0.249 e. The highest BCUT2D eigenvalue weighted by molar-refractivity contribution is 5.80. The van der Waals surface area contributed by atoms with Crippen molar-refractivity contribution in [3.63, 3.8) is 0 Å². The zero-order chi connectivity index (χ0) is 40.1. The van der Waals surface area contributed by atoms with Gasteiger partial charge in [-0.25, -0.2) is 0 Å². The second-order valence-corrected chi connectivity index (χ2v) is 17.0. The Bertz CT molecular complexity index is 814. The number of unbranched alkanes of at least 4 members (excludes halogenated alkanes) is 35. The summed E-state index contributed by atoms with van der Waals surface area (Å²) in [5.74, 6) is -0.503. The van der Waals surface area contributed by atoms with Crippen molar-refractivity contribution in [1.82, 2.24) is 5.32 Å². The van der Waals surface area contributed by atoms with Crippen LogP contribution in [0.1, 0.15) is 264 Å². The Morgan fingerprint density at radius 3 is 1.05 bits per heavy atom. The molecule has 0 aliphatic rings. The summed E-state index contributed by atoms with van der Waals surface area (Å²) in [5.41, 5.74) is 0. The minimum Gasteiger partial charge on any atom is -0.394 e. The number of carbonyl (C=O) groups is 1. The predicted octanol–water partition coefficient (Wildman–Crippen LogP) is 14.6. The zero-order valence-corrected chi connectivity index (χ0v) is 37.1. The number of aliphatic hydroxyl groups excluding tert-OH is 3. The van der Waals surface area contributed by atoms with E-state index in [1.807, 2.05) is 6.08 Å². The van der Waals surface area contributed by atoms with Gasteiger partial charge in [-0.1, -0.05) is 244 Å². The zero-order valence-electron chi connectivity index (χ0n) is 37.1. The third-order valence-electron chi connectivity index (χ3n) is 11.5. The van der Waals surface area contributed by atoms with Crippen LogP contribution < -0.4 is 5.32 Å². The molecule has 0 heterocycles. The molecule has 0 saturated heterocycles. The molecule has 5 heteroatoms. The Kier molecular flexibility index (Phi) is 44.6. The van der Waals surface area contributed by atoms with Crippen molar-refractivity contribution in [3.05, 3.63) is 24.3 Å². The Hall–Kier alpha value is -1.17. The van der Waals surface area contributed by atoms with Gasteiger partial charge in [0.25, 0.3) is 0 Å². The van der Waals surface area contributed by atoms with Crippen LogP contribution in [0.15, 0.2) is 24.3 Å². The number of hydrogen-bond donors (Lipinski definition) is 4. The SMILES string of the molecule is CCCCCCCCC/C=C/C(O)C(CO)NC(=O)C(O)CCCCCCCCCCCCCCCCCC/C=C\CCCCCCCCCCCCCC. The average molecular weight is 776 g/mol. The minimum absolute atomic E-state index is 0.362. The van der Waals surface area contributed by atoms with E-state index in [-0.39, 0.29) is 6.61 Å². The van der Waals surface area contributed by atoms with Crippen molar-refractivity contribution in [1.29, 1.82) is 0 Å². The maximum atomic E-state index is 12.4. The van der Waals surface area contributed by atoms with Crippen LogP contribution in [0.3, 0.4) is 0 Å². The van der Waals surface area contributed by atoms with Crippen LogP contribution in [0, 0.1) is 0 Å². The minimum atomic E-state index is -1.09. The van der Waals surface area contributed by atoms with Gasteiger partial charge in [0.2, 0.25) is 5.91 Å². The van der Waals surface area contributed by atoms with Crippen LogP contribution in [0.4, 0.5) is 0 Å². The second kappa shape index (κ2) is 45.5. The summed E-state index contributed by atoms with van der Waals surface area (Å²) in [6.07, 6.45) is 56.9. The summed E-state index contributed by atoms with van der Waals surface area (Å²) >= 11 is 0. The Morgan fingerprint density at radius 2 is 0.727 bits per heavy atom. The molecule has 0 aliphatic carbocycles. The fourth-order valence-electron chi connectivity index (χ4n) is 7.65. The third-order valence-corrected chi connectivity index (χ3v) is 11.5. The van der Waals surface area contributed by atoms with Crippen LogP contribution in [0.25, 0.3) is 0 Å². The Balaban J connectivity index is 3.46. The molecule has 0 saturated carbocycles. The quantitative estimate of drug-likeness (QED) is 0.0366. The van der Waals surface area contributed by atoms with Gasteiger partial charge in [-0.3, -0.25) is 4.79 Å². The van der Waals surface area contributed by atoms with E-state index in [4.69, 9.17) is 0 Å². The number of allylic oxidation sites excluding steroid dienone is 3. The van der Waals surface area contributed by atoms with E-state index in [2.05, 4.69) is 31.3 Å². The fraction of sp³-hybridized carbons (Fsp3) is 0.900. The number of aliphatic hydroxyl groups is 3. The van der Waals surface area contributed by atoms with Gasteiger partial charge in [-0.05, 0) is 44.9 Å². The number of nitrogens with one attached hydrogen (secondary N) is 1. The monoisotopic (exact) mass is 776 g/mol. The molecule has 0 aromatic heterocycles. The molecule has 0 aromatic rings. The summed E-state index contributed by atoms with van der Waals surface area (Å²) in [6.45, 7) is 4.16. The lowest BCUT2D eigenvalue weighted by atomic mass is 10.0. The molecular formula is C50H97NO4. The van der Waals surface area contributed by atoms with E-state index < -0.39 is 24.2 Å². The second-order valence-electron chi connectivity index (χ2n) is 17.0. The van der Waals surface area contributed by atoms with E-state index in [0.29, 0.717) is 6.42 Å². The van der Waals surface area contributed by atoms with E-state index in [0.717, 1.165) is 32.1 Å². The van der Waals surface area contributed by atoms with Gasteiger partial charge in [-0.2, -0.15) is 0 Å². The van der Waals surface area contributed by atoms with Crippen molar-refractivity contribution in [3.8, 4) is 0 Å². The average Bonchev–Trinajstić information content (AvgIpc) is 3.19. The molecule has 55 heavy (non-hydrogen) atoms. The molecule has 4 N–H and O–H groups in total. The van der Waals surface area contributed by atoms with Crippen molar-refractivity contribution in [2.24, 2.45) is 0 Å². The van der Waals surface area contributed by atoms with Crippen LogP contribution in [0.2, 0.25) is 0 Å². The summed E-state index contributed by atoms with van der Waals surface area (Å²) in [7, 11) is 0. The first-order valence-corrected chi connectivity index (χ1v) is 24.7. The van der Waals surface area contributed by atoms with E-state index in [1.165, 1.54) is 212 Å². The maximum Gasteiger partial charge on any atom is 0.249 e.